The molecule has 0 bridgehead atoms. The Labute approximate surface area is 89.2 Å². The highest BCUT2D eigenvalue weighted by molar-refractivity contribution is 4.58. The lowest BCUT2D eigenvalue weighted by atomic mass is 10.0. The van der Waals surface area contributed by atoms with Crippen LogP contribution in [-0.4, -0.2) is 19.3 Å². The fourth-order valence-corrected chi connectivity index (χ4v) is 1.52. The number of rotatable bonds is 9. The van der Waals surface area contributed by atoms with E-state index in [1.165, 1.54) is 25.7 Å². The zero-order valence-electron chi connectivity index (χ0n) is 10.1. The van der Waals surface area contributed by atoms with E-state index >= 15 is 0 Å². The summed E-state index contributed by atoms with van der Waals surface area (Å²) in [4.78, 5) is 0. The van der Waals surface area contributed by atoms with Crippen molar-refractivity contribution in [2.75, 3.05) is 13.2 Å². The van der Waals surface area contributed by atoms with Crippen LogP contribution in [0.1, 0.15) is 52.9 Å². The second-order valence-electron chi connectivity index (χ2n) is 4.14. The molecule has 2 nitrogen and oxygen atoms in total. The third-order valence-corrected chi connectivity index (χ3v) is 2.73. The first kappa shape index (κ1) is 13.9. The Bertz CT molecular complexity index is 117. The summed E-state index contributed by atoms with van der Waals surface area (Å²) in [5.41, 5.74) is 5.47. The van der Waals surface area contributed by atoms with Gasteiger partial charge in [-0.15, -0.1) is 0 Å². The number of ether oxygens (including phenoxy) is 1. The summed E-state index contributed by atoms with van der Waals surface area (Å²) in [6, 6.07) is 0. The highest BCUT2D eigenvalue weighted by Crippen LogP contribution is 2.14. The maximum absolute atomic E-state index is 5.75. The van der Waals surface area contributed by atoms with Crippen molar-refractivity contribution in [3.8, 4) is 0 Å². The van der Waals surface area contributed by atoms with Gasteiger partial charge in [0.15, 0.2) is 0 Å². The zero-order valence-corrected chi connectivity index (χ0v) is 10.1. The third-order valence-electron chi connectivity index (χ3n) is 2.73. The first-order chi connectivity index (χ1) is 6.74. The standard InChI is InChI=1S/C12H27NO/c1-4-6-7-12(5-2)10-14-11(3)8-9-13/h11-12H,4-10,13H2,1-3H3. The summed E-state index contributed by atoms with van der Waals surface area (Å²) in [5.74, 6) is 0.746. The van der Waals surface area contributed by atoms with Crippen molar-refractivity contribution < 1.29 is 4.74 Å². The monoisotopic (exact) mass is 201 g/mol. The molecule has 86 valence electrons. The van der Waals surface area contributed by atoms with Crippen molar-refractivity contribution in [2.45, 2.75) is 59.0 Å². The van der Waals surface area contributed by atoms with E-state index in [9.17, 15) is 0 Å². The van der Waals surface area contributed by atoms with Gasteiger partial charge < -0.3 is 10.5 Å². The van der Waals surface area contributed by atoms with Gasteiger partial charge in [-0.2, -0.15) is 0 Å². The van der Waals surface area contributed by atoms with Crippen LogP contribution in [0.3, 0.4) is 0 Å². The van der Waals surface area contributed by atoms with Gasteiger partial charge >= 0.3 is 0 Å². The second kappa shape index (κ2) is 9.47. The average Bonchev–Trinajstić information content (AvgIpc) is 2.19. The number of nitrogens with two attached hydrogens (primary N) is 1. The average molecular weight is 201 g/mol. The molecule has 0 aromatic heterocycles. The predicted octanol–water partition coefficient (Wildman–Crippen LogP) is 2.96. The van der Waals surface area contributed by atoms with Crippen LogP contribution in [0.25, 0.3) is 0 Å². The lowest BCUT2D eigenvalue weighted by molar-refractivity contribution is 0.0334. The molecule has 0 aliphatic heterocycles. The summed E-state index contributed by atoms with van der Waals surface area (Å²) >= 11 is 0. The molecule has 0 fully saturated rings. The minimum absolute atomic E-state index is 0.329. The Morgan fingerprint density at radius 3 is 2.43 bits per heavy atom. The molecule has 2 unspecified atom stereocenters. The molecule has 0 radical (unpaired) electrons. The van der Waals surface area contributed by atoms with Crippen LogP contribution in [0.4, 0.5) is 0 Å². The summed E-state index contributed by atoms with van der Waals surface area (Å²) in [6.45, 7) is 8.24. The van der Waals surface area contributed by atoms with Crippen LogP contribution in [0.2, 0.25) is 0 Å². The molecule has 0 aromatic rings. The highest BCUT2D eigenvalue weighted by atomic mass is 16.5. The van der Waals surface area contributed by atoms with Gasteiger partial charge in [-0.1, -0.05) is 33.1 Å². The van der Waals surface area contributed by atoms with Gasteiger partial charge in [-0.25, -0.2) is 0 Å². The van der Waals surface area contributed by atoms with E-state index in [-0.39, 0.29) is 0 Å². The lowest BCUT2D eigenvalue weighted by Crippen LogP contribution is -2.18. The van der Waals surface area contributed by atoms with Crippen LogP contribution in [-0.2, 0) is 4.74 Å². The first-order valence-corrected chi connectivity index (χ1v) is 6.06. The second-order valence-corrected chi connectivity index (χ2v) is 4.14. The molecule has 2 heteroatoms. The highest BCUT2D eigenvalue weighted by Gasteiger charge is 2.08. The van der Waals surface area contributed by atoms with Gasteiger partial charge in [-0.05, 0) is 32.2 Å². The Morgan fingerprint density at radius 1 is 1.21 bits per heavy atom. The Balaban J connectivity index is 3.50. The lowest BCUT2D eigenvalue weighted by Gasteiger charge is -2.18. The van der Waals surface area contributed by atoms with Crippen LogP contribution in [0.15, 0.2) is 0 Å². The van der Waals surface area contributed by atoms with Crippen molar-refractivity contribution in [2.24, 2.45) is 11.7 Å². The van der Waals surface area contributed by atoms with Crippen molar-refractivity contribution >= 4 is 0 Å². The van der Waals surface area contributed by atoms with E-state index in [0.29, 0.717) is 6.10 Å². The fourth-order valence-electron chi connectivity index (χ4n) is 1.52. The van der Waals surface area contributed by atoms with Crippen LogP contribution in [0, 0.1) is 5.92 Å². The van der Waals surface area contributed by atoms with Crippen molar-refractivity contribution in [3.05, 3.63) is 0 Å². The fraction of sp³-hybridized carbons (Fsp3) is 1.00. The van der Waals surface area contributed by atoms with Gasteiger partial charge in [0.2, 0.25) is 0 Å². The molecule has 2 atom stereocenters. The minimum Gasteiger partial charge on any atom is -0.378 e. The Kier molecular flexibility index (Phi) is 9.42. The largest absolute Gasteiger partial charge is 0.378 e. The minimum atomic E-state index is 0.329. The van der Waals surface area contributed by atoms with E-state index in [1.807, 2.05) is 0 Å². The smallest absolute Gasteiger partial charge is 0.0559 e. The molecule has 0 aromatic carbocycles. The van der Waals surface area contributed by atoms with E-state index in [0.717, 1.165) is 25.5 Å². The van der Waals surface area contributed by atoms with Gasteiger partial charge in [0.05, 0.1) is 6.10 Å². The van der Waals surface area contributed by atoms with Crippen LogP contribution in [0.5, 0.6) is 0 Å². The molecular weight excluding hydrogens is 174 g/mol. The molecule has 0 saturated carbocycles. The topological polar surface area (TPSA) is 35.2 Å². The van der Waals surface area contributed by atoms with Gasteiger partial charge in [0.1, 0.15) is 0 Å². The molecular formula is C12H27NO. The van der Waals surface area contributed by atoms with E-state index in [1.54, 1.807) is 0 Å². The number of unbranched alkanes of at least 4 members (excludes halogenated alkanes) is 1. The number of hydrogen-bond donors (Lipinski definition) is 1. The summed E-state index contributed by atoms with van der Waals surface area (Å²) in [5, 5.41) is 0. The molecule has 0 heterocycles. The summed E-state index contributed by atoms with van der Waals surface area (Å²) in [7, 11) is 0. The SMILES string of the molecule is CCCCC(CC)COC(C)CCN. The summed E-state index contributed by atoms with van der Waals surface area (Å²) < 4.78 is 5.75. The van der Waals surface area contributed by atoms with Crippen molar-refractivity contribution in [1.29, 1.82) is 0 Å². The Hall–Kier alpha value is -0.0800. The summed E-state index contributed by atoms with van der Waals surface area (Å²) in [6.07, 6.45) is 6.46. The van der Waals surface area contributed by atoms with E-state index in [2.05, 4.69) is 20.8 Å². The number of hydrogen-bond acceptors (Lipinski definition) is 2. The molecule has 2 N–H and O–H groups in total. The van der Waals surface area contributed by atoms with Crippen molar-refractivity contribution in [3.63, 3.8) is 0 Å². The maximum atomic E-state index is 5.75. The predicted molar refractivity (Wildman–Crippen MR) is 62.4 cm³/mol. The van der Waals surface area contributed by atoms with Gasteiger partial charge in [0, 0.05) is 6.61 Å². The van der Waals surface area contributed by atoms with Gasteiger partial charge in [0.25, 0.3) is 0 Å². The van der Waals surface area contributed by atoms with E-state index < -0.39 is 0 Å². The van der Waals surface area contributed by atoms with Gasteiger partial charge in [-0.3, -0.25) is 0 Å². The normalized spacial score (nSPS) is 15.4. The van der Waals surface area contributed by atoms with Crippen molar-refractivity contribution in [1.82, 2.24) is 0 Å². The van der Waals surface area contributed by atoms with Crippen LogP contribution < -0.4 is 5.73 Å². The molecule has 0 rings (SSSR count). The van der Waals surface area contributed by atoms with Crippen LogP contribution >= 0.6 is 0 Å². The molecule has 0 amide bonds. The maximum Gasteiger partial charge on any atom is 0.0559 e. The molecule has 0 aliphatic rings. The molecule has 0 aliphatic carbocycles. The molecule has 14 heavy (non-hydrogen) atoms. The zero-order chi connectivity index (χ0) is 10.8. The quantitative estimate of drug-likeness (QED) is 0.622. The molecule has 0 saturated heterocycles. The first-order valence-electron chi connectivity index (χ1n) is 6.06. The third kappa shape index (κ3) is 7.34. The van der Waals surface area contributed by atoms with E-state index in [4.69, 9.17) is 10.5 Å². The molecule has 0 spiro atoms. The Morgan fingerprint density at radius 2 is 1.93 bits per heavy atom.